The van der Waals surface area contributed by atoms with Gasteiger partial charge in [0.1, 0.15) is 18.8 Å². The van der Waals surface area contributed by atoms with Gasteiger partial charge >= 0.3 is 11.9 Å². The summed E-state index contributed by atoms with van der Waals surface area (Å²) in [4.78, 5) is 24.7. The molecular formula is C31H59NO7. The molecule has 0 aromatic carbocycles. The average Bonchev–Trinajstić information content (AvgIpc) is 2.93. The lowest BCUT2D eigenvalue weighted by Crippen LogP contribution is -2.63. The molecule has 1 fully saturated rings. The van der Waals surface area contributed by atoms with Crippen molar-refractivity contribution < 1.29 is 33.6 Å². The number of nitrogens with two attached hydrogens (primary N) is 1. The summed E-state index contributed by atoms with van der Waals surface area (Å²) < 4.78 is 22.0. The third-order valence-corrected chi connectivity index (χ3v) is 7.60. The maximum absolute atomic E-state index is 12.5. The van der Waals surface area contributed by atoms with Gasteiger partial charge in [-0.3, -0.25) is 9.59 Å². The molecule has 230 valence electrons. The van der Waals surface area contributed by atoms with Crippen molar-refractivity contribution in [3.8, 4) is 0 Å². The maximum atomic E-state index is 12.5. The molecule has 0 amide bonds. The van der Waals surface area contributed by atoms with E-state index >= 15 is 0 Å². The standard InChI is InChI=1S/C31H59NO7/c1-4-6-8-10-12-14-16-18-20-22-26(33)37-24-25-29(35)30(28(32)31(36-3)38-25)39-27(34)23-21-19-17-15-13-11-9-7-5-2/h25,28-31,35H,4-24,32H2,1-3H3/t25-,28-,29-,30-,31?/m1/s1. The number of ether oxygens (including phenoxy) is 4. The first-order valence-corrected chi connectivity index (χ1v) is 15.9. The van der Waals surface area contributed by atoms with Gasteiger partial charge in [0.05, 0.1) is 6.04 Å². The smallest absolute Gasteiger partial charge is 0.306 e. The van der Waals surface area contributed by atoms with Crippen LogP contribution in [0.1, 0.15) is 142 Å². The highest BCUT2D eigenvalue weighted by Crippen LogP contribution is 2.24. The molecule has 0 aromatic rings. The van der Waals surface area contributed by atoms with E-state index in [9.17, 15) is 14.7 Å². The zero-order valence-electron chi connectivity index (χ0n) is 25.2. The van der Waals surface area contributed by atoms with Crippen LogP contribution in [0.4, 0.5) is 0 Å². The van der Waals surface area contributed by atoms with E-state index in [0.29, 0.717) is 6.42 Å². The topological polar surface area (TPSA) is 117 Å². The largest absolute Gasteiger partial charge is 0.463 e. The molecule has 0 spiro atoms. The SMILES string of the molecule is CCCCCCCCCCCC(=O)OC[C@H]1OC(OC)[C@H](N)[C@@H](OC(=O)CCCCCCCCCCC)[C@@H]1O. The summed E-state index contributed by atoms with van der Waals surface area (Å²) in [5, 5.41) is 10.8. The van der Waals surface area contributed by atoms with Crippen molar-refractivity contribution in [2.24, 2.45) is 5.73 Å². The van der Waals surface area contributed by atoms with Crippen molar-refractivity contribution in [1.29, 1.82) is 0 Å². The van der Waals surface area contributed by atoms with E-state index in [4.69, 9.17) is 24.7 Å². The van der Waals surface area contributed by atoms with Crippen molar-refractivity contribution in [3.05, 3.63) is 0 Å². The summed E-state index contributed by atoms with van der Waals surface area (Å²) in [5.74, 6) is -0.716. The summed E-state index contributed by atoms with van der Waals surface area (Å²) in [6.45, 7) is 4.30. The Morgan fingerprint density at radius 2 is 1.15 bits per heavy atom. The number of aliphatic hydroxyl groups excluding tert-OH is 1. The van der Waals surface area contributed by atoms with E-state index in [-0.39, 0.29) is 19.0 Å². The summed E-state index contributed by atoms with van der Waals surface area (Å²) in [7, 11) is 1.44. The van der Waals surface area contributed by atoms with E-state index < -0.39 is 36.6 Å². The van der Waals surface area contributed by atoms with E-state index in [1.54, 1.807) is 0 Å². The van der Waals surface area contributed by atoms with Gasteiger partial charge in [-0.05, 0) is 12.8 Å². The number of carbonyl (C=O) groups excluding carboxylic acids is 2. The summed E-state index contributed by atoms with van der Waals surface area (Å²) in [6.07, 6.45) is 17.6. The number of unbranched alkanes of at least 4 members (excludes halogenated alkanes) is 16. The molecule has 1 saturated heterocycles. The summed E-state index contributed by atoms with van der Waals surface area (Å²) in [6, 6.07) is -0.842. The fraction of sp³-hybridized carbons (Fsp3) is 0.935. The molecule has 1 unspecified atom stereocenters. The summed E-state index contributed by atoms with van der Waals surface area (Å²) >= 11 is 0. The van der Waals surface area contributed by atoms with Gasteiger partial charge in [0, 0.05) is 20.0 Å². The lowest BCUT2D eigenvalue weighted by molar-refractivity contribution is -0.263. The van der Waals surface area contributed by atoms with E-state index in [2.05, 4.69) is 13.8 Å². The first kappa shape index (κ1) is 35.8. The van der Waals surface area contributed by atoms with Gasteiger partial charge in [0.2, 0.25) is 0 Å². The highest BCUT2D eigenvalue weighted by molar-refractivity contribution is 5.70. The Balaban J connectivity index is 2.30. The van der Waals surface area contributed by atoms with Gasteiger partial charge < -0.3 is 29.8 Å². The number of hydrogen-bond acceptors (Lipinski definition) is 8. The molecule has 1 heterocycles. The van der Waals surface area contributed by atoms with Crippen molar-refractivity contribution in [1.82, 2.24) is 0 Å². The van der Waals surface area contributed by atoms with Crippen LogP contribution in [0.5, 0.6) is 0 Å². The molecule has 8 nitrogen and oxygen atoms in total. The zero-order valence-corrected chi connectivity index (χ0v) is 25.2. The highest BCUT2D eigenvalue weighted by atomic mass is 16.7. The first-order valence-electron chi connectivity index (χ1n) is 15.9. The average molecular weight is 558 g/mol. The second-order valence-corrected chi connectivity index (χ2v) is 11.1. The molecule has 0 aliphatic carbocycles. The number of esters is 2. The lowest BCUT2D eigenvalue weighted by Gasteiger charge is -2.41. The van der Waals surface area contributed by atoms with E-state index in [0.717, 1.165) is 38.5 Å². The normalized spacial score (nSPS) is 23.1. The maximum Gasteiger partial charge on any atom is 0.306 e. The Morgan fingerprint density at radius 1 is 0.718 bits per heavy atom. The minimum absolute atomic E-state index is 0.143. The Morgan fingerprint density at radius 3 is 1.62 bits per heavy atom. The number of rotatable bonds is 24. The second-order valence-electron chi connectivity index (χ2n) is 11.1. The first-order chi connectivity index (χ1) is 18.9. The zero-order chi connectivity index (χ0) is 28.7. The molecule has 0 bridgehead atoms. The van der Waals surface area contributed by atoms with Crippen molar-refractivity contribution >= 4 is 11.9 Å². The molecule has 5 atom stereocenters. The van der Waals surface area contributed by atoms with Crippen LogP contribution in [0, 0.1) is 0 Å². The van der Waals surface area contributed by atoms with Gasteiger partial charge in [0.15, 0.2) is 12.4 Å². The predicted octanol–water partition coefficient (Wildman–Crippen LogP) is 6.34. The fourth-order valence-electron chi connectivity index (χ4n) is 5.05. The molecule has 1 rings (SSSR count). The van der Waals surface area contributed by atoms with Gasteiger partial charge in [-0.25, -0.2) is 0 Å². The van der Waals surface area contributed by atoms with Crippen LogP contribution in [-0.4, -0.2) is 61.4 Å². The number of carbonyl (C=O) groups is 2. The van der Waals surface area contributed by atoms with Crippen molar-refractivity contribution in [3.63, 3.8) is 0 Å². The van der Waals surface area contributed by atoms with E-state index in [1.165, 1.54) is 84.2 Å². The van der Waals surface area contributed by atoms with Gasteiger partial charge in [-0.2, -0.15) is 0 Å². The highest BCUT2D eigenvalue weighted by Gasteiger charge is 2.46. The minimum atomic E-state index is -1.21. The van der Waals surface area contributed by atoms with Crippen LogP contribution < -0.4 is 5.73 Å². The molecule has 1 aliphatic rings. The molecule has 0 aromatic heterocycles. The van der Waals surface area contributed by atoms with Gasteiger partial charge in [-0.15, -0.1) is 0 Å². The monoisotopic (exact) mass is 557 g/mol. The van der Waals surface area contributed by atoms with E-state index in [1.807, 2.05) is 0 Å². The molecule has 0 radical (unpaired) electrons. The molecule has 8 heteroatoms. The molecule has 39 heavy (non-hydrogen) atoms. The number of aliphatic hydroxyl groups is 1. The van der Waals surface area contributed by atoms with Crippen LogP contribution in [0.3, 0.4) is 0 Å². The molecule has 0 saturated carbocycles. The van der Waals surface area contributed by atoms with Crippen LogP contribution in [0.15, 0.2) is 0 Å². The Kier molecular flexibility index (Phi) is 21.6. The molecule has 1 aliphatic heterocycles. The van der Waals surface area contributed by atoms with Gasteiger partial charge in [0.25, 0.3) is 0 Å². The third-order valence-electron chi connectivity index (χ3n) is 7.60. The molecular weight excluding hydrogens is 498 g/mol. The minimum Gasteiger partial charge on any atom is -0.463 e. The van der Waals surface area contributed by atoms with Crippen LogP contribution in [0.2, 0.25) is 0 Å². The van der Waals surface area contributed by atoms with Crippen LogP contribution >= 0.6 is 0 Å². The van der Waals surface area contributed by atoms with Crippen molar-refractivity contribution in [2.45, 2.75) is 173 Å². The number of hydrogen-bond donors (Lipinski definition) is 2. The van der Waals surface area contributed by atoms with Crippen molar-refractivity contribution in [2.75, 3.05) is 13.7 Å². The Labute approximate surface area is 238 Å². The summed E-state index contributed by atoms with van der Waals surface area (Å²) in [5.41, 5.74) is 6.18. The Hall–Kier alpha value is -1.22. The Bertz CT molecular complexity index is 618. The lowest BCUT2D eigenvalue weighted by atomic mass is 9.97. The quantitative estimate of drug-likeness (QED) is 0.104. The predicted molar refractivity (Wildman–Crippen MR) is 154 cm³/mol. The second kappa shape index (κ2) is 23.5. The van der Waals surface area contributed by atoms with Crippen LogP contribution in [0.25, 0.3) is 0 Å². The number of methoxy groups -OCH3 is 1. The van der Waals surface area contributed by atoms with Crippen LogP contribution in [-0.2, 0) is 28.5 Å². The third kappa shape index (κ3) is 16.6. The van der Waals surface area contributed by atoms with Gasteiger partial charge in [-0.1, -0.05) is 117 Å². The fourth-order valence-corrected chi connectivity index (χ4v) is 5.05. The molecule has 3 N–H and O–H groups in total.